The lowest BCUT2D eigenvalue weighted by Crippen LogP contribution is -2.42. The maximum absolute atomic E-state index is 13.3. The van der Waals surface area contributed by atoms with Gasteiger partial charge in [-0.05, 0) is 49.2 Å². The minimum Gasteiger partial charge on any atom is -0.487 e. The van der Waals surface area contributed by atoms with Crippen LogP contribution in [-0.4, -0.2) is 23.7 Å². The Morgan fingerprint density at radius 1 is 1.38 bits per heavy atom. The standard InChI is InChI=1S/C19H20FNO3/c1-12-6-7-18-16(8-12)21(11-13(2)24-18)19(23)10-17(22)14-4-3-5-15(20)9-14/h3-9,13,17,22H,10-11H2,1-2H3. The fraction of sp³-hybridized carbons (Fsp3) is 0.316. The SMILES string of the molecule is Cc1ccc2c(c1)N(C(=O)CC(O)c1cccc(F)c1)CC(C)O2. The van der Waals surface area contributed by atoms with Gasteiger partial charge in [0.2, 0.25) is 5.91 Å². The van der Waals surface area contributed by atoms with E-state index in [0.717, 1.165) is 5.56 Å². The van der Waals surface area contributed by atoms with Gasteiger partial charge >= 0.3 is 0 Å². The zero-order chi connectivity index (χ0) is 17.3. The van der Waals surface area contributed by atoms with Gasteiger partial charge in [0, 0.05) is 0 Å². The number of fused-ring (bicyclic) bond motifs is 1. The van der Waals surface area contributed by atoms with Crippen LogP contribution in [0.3, 0.4) is 0 Å². The first-order valence-electron chi connectivity index (χ1n) is 7.95. The molecular formula is C19H20FNO3. The molecule has 4 nitrogen and oxygen atoms in total. The van der Waals surface area contributed by atoms with Crippen LogP contribution in [0.5, 0.6) is 5.75 Å². The highest BCUT2D eigenvalue weighted by molar-refractivity contribution is 5.95. The molecule has 0 bridgehead atoms. The van der Waals surface area contributed by atoms with Crippen molar-refractivity contribution in [2.75, 3.05) is 11.4 Å². The Morgan fingerprint density at radius 2 is 2.17 bits per heavy atom. The summed E-state index contributed by atoms with van der Waals surface area (Å²) in [5.41, 5.74) is 2.13. The molecule has 2 aromatic carbocycles. The molecule has 1 heterocycles. The topological polar surface area (TPSA) is 49.8 Å². The van der Waals surface area contributed by atoms with Gasteiger partial charge in [0.1, 0.15) is 17.7 Å². The third-order valence-electron chi connectivity index (χ3n) is 4.08. The second-order valence-electron chi connectivity index (χ2n) is 6.18. The molecule has 1 amide bonds. The number of aliphatic hydroxyl groups excluding tert-OH is 1. The Hall–Kier alpha value is -2.40. The number of hydrogen-bond donors (Lipinski definition) is 1. The Labute approximate surface area is 140 Å². The molecule has 1 N–H and O–H groups in total. The van der Waals surface area contributed by atoms with Crippen LogP contribution in [0.4, 0.5) is 10.1 Å². The number of aliphatic hydroxyl groups is 1. The second kappa shape index (κ2) is 6.61. The lowest BCUT2D eigenvalue weighted by molar-refractivity contribution is -0.121. The fourth-order valence-electron chi connectivity index (χ4n) is 2.89. The van der Waals surface area contributed by atoms with Crippen LogP contribution in [0.25, 0.3) is 0 Å². The summed E-state index contributed by atoms with van der Waals surface area (Å²) in [7, 11) is 0. The molecule has 126 valence electrons. The number of rotatable bonds is 3. The van der Waals surface area contributed by atoms with Gasteiger partial charge in [-0.15, -0.1) is 0 Å². The molecule has 2 aromatic rings. The number of ether oxygens (including phenoxy) is 1. The maximum Gasteiger partial charge on any atom is 0.230 e. The third kappa shape index (κ3) is 3.41. The monoisotopic (exact) mass is 329 g/mol. The molecule has 0 radical (unpaired) electrons. The normalized spacial score (nSPS) is 17.8. The van der Waals surface area contributed by atoms with Crippen LogP contribution in [-0.2, 0) is 4.79 Å². The molecule has 2 atom stereocenters. The highest BCUT2D eigenvalue weighted by Crippen LogP contribution is 2.35. The van der Waals surface area contributed by atoms with Gasteiger partial charge in [-0.2, -0.15) is 0 Å². The average Bonchev–Trinajstić information content (AvgIpc) is 2.54. The average molecular weight is 329 g/mol. The summed E-state index contributed by atoms with van der Waals surface area (Å²) in [5, 5.41) is 10.3. The van der Waals surface area contributed by atoms with Crippen LogP contribution in [0.2, 0.25) is 0 Å². The zero-order valence-electron chi connectivity index (χ0n) is 13.7. The van der Waals surface area contributed by atoms with E-state index in [9.17, 15) is 14.3 Å². The van der Waals surface area contributed by atoms with Crippen molar-refractivity contribution in [2.24, 2.45) is 0 Å². The predicted molar refractivity (Wildman–Crippen MR) is 89.6 cm³/mol. The number of carbonyl (C=O) groups is 1. The molecule has 0 spiro atoms. The molecular weight excluding hydrogens is 309 g/mol. The smallest absolute Gasteiger partial charge is 0.230 e. The highest BCUT2D eigenvalue weighted by Gasteiger charge is 2.29. The fourth-order valence-corrected chi connectivity index (χ4v) is 2.89. The molecule has 0 fully saturated rings. The molecule has 0 aromatic heterocycles. The van der Waals surface area contributed by atoms with Crippen molar-refractivity contribution in [3.63, 3.8) is 0 Å². The van der Waals surface area contributed by atoms with Gasteiger partial charge in [-0.1, -0.05) is 18.2 Å². The summed E-state index contributed by atoms with van der Waals surface area (Å²) in [6.45, 7) is 4.26. The second-order valence-corrected chi connectivity index (χ2v) is 6.18. The van der Waals surface area contributed by atoms with E-state index >= 15 is 0 Å². The van der Waals surface area contributed by atoms with Gasteiger partial charge < -0.3 is 14.7 Å². The van der Waals surface area contributed by atoms with Gasteiger partial charge in [0.05, 0.1) is 24.8 Å². The summed E-state index contributed by atoms with van der Waals surface area (Å²) >= 11 is 0. The maximum atomic E-state index is 13.3. The van der Waals surface area contributed by atoms with Gasteiger partial charge in [0.15, 0.2) is 0 Å². The van der Waals surface area contributed by atoms with Crippen molar-refractivity contribution in [3.8, 4) is 5.75 Å². The van der Waals surface area contributed by atoms with Crippen LogP contribution < -0.4 is 9.64 Å². The lowest BCUT2D eigenvalue weighted by atomic mass is 10.0. The molecule has 1 aliphatic rings. The quantitative estimate of drug-likeness (QED) is 0.939. The number of benzene rings is 2. The van der Waals surface area contributed by atoms with Crippen LogP contribution in [0, 0.1) is 12.7 Å². The number of hydrogen-bond acceptors (Lipinski definition) is 3. The summed E-state index contributed by atoms with van der Waals surface area (Å²) in [6, 6.07) is 11.4. The third-order valence-corrected chi connectivity index (χ3v) is 4.08. The molecule has 5 heteroatoms. The van der Waals surface area contributed by atoms with Gasteiger partial charge in [-0.3, -0.25) is 4.79 Å². The Morgan fingerprint density at radius 3 is 2.92 bits per heavy atom. The number of nitrogens with zero attached hydrogens (tertiary/aromatic N) is 1. The molecule has 24 heavy (non-hydrogen) atoms. The number of carbonyl (C=O) groups excluding carboxylic acids is 1. The van der Waals surface area contributed by atoms with Gasteiger partial charge in [0.25, 0.3) is 0 Å². The zero-order valence-corrected chi connectivity index (χ0v) is 13.7. The molecule has 0 saturated heterocycles. The van der Waals surface area contributed by atoms with E-state index < -0.39 is 11.9 Å². The molecule has 0 aliphatic carbocycles. The first-order chi connectivity index (χ1) is 11.4. The van der Waals surface area contributed by atoms with Gasteiger partial charge in [-0.25, -0.2) is 4.39 Å². The number of amides is 1. The number of anilines is 1. The van der Waals surface area contributed by atoms with Crippen molar-refractivity contribution >= 4 is 11.6 Å². The Balaban J connectivity index is 1.81. The summed E-state index contributed by atoms with van der Waals surface area (Å²) in [4.78, 5) is 14.3. The van der Waals surface area contributed by atoms with Crippen molar-refractivity contribution in [3.05, 3.63) is 59.4 Å². The van der Waals surface area contributed by atoms with E-state index in [0.29, 0.717) is 23.5 Å². The Bertz CT molecular complexity index is 762. The highest BCUT2D eigenvalue weighted by atomic mass is 19.1. The van der Waals surface area contributed by atoms with Crippen LogP contribution >= 0.6 is 0 Å². The number of aryl methyl sites for hydroxylation is 1. The first kappa shape index (κ1) is 16.5. The Kier molecular flexibility index (Phi) is 4.53. The molecule has 0 saturated carbocycles. The van der Waals surface area contributed by atoms with E-state index in [-0.39, 0.29) is 18.4 Å². The summed E-state index contributed by atoms with van der Waals surface area (Å²) in [5.74, 6) is 0.0154. The summed E-state index contributed by atoms with van der Waals surface area (Å²) < 4.78 is 19.1. The van der Waals surface area contributed by atoms with E-state index in [2.05, 4.69) is 0 Å². The lowest BCUT2D eigenvalue weighted by Gasteiger charge is -2.34. The minimum absolute atomic E-state index is 0.108. The van der Waals surface area contributed by atoms with Crippen LogP contribution in [0.1, 0.15) is 30.6 Å². The van der Waals surface area contributed by atoms with Crippen molar-refractivity contribution in [1.29, 1.82) is 0 Å². The molecule has 1 aliphatic heterocycles. The molecule has 2 unspecified atom stereocenters. The van der Waals surface area contributed by atoms with Crippen molar-refractivity contribution in [2.45, 2.75) is 32.5 Å². The van der Waals surface area contributed by atoms with Crippen molar-refractivity contribution in [1.82, 2.24) is 0 Å². The predicted octanol–water partition coefficient (Wildman–Crippen LogP) is 3.37. The summed E-state index contributed by atoms with van der Waals surface area (Å²) in [6.07, 6.45) is -1.28. The van der Waals surface area contributed by atoms with E-state index in [4.69, 9.17) is 4.74 Å². The molecule has 3 rings (SSSR count). The van der Waals surface area contributed by atoms with Crippen LogP contribution in [0.15, 0.2) is 42.5 Å². The first-order valence-corrected chi connectivity index (χ1v) is 7.95. The number of halogens is 1. The largest absolute Gasteiger partial charge is 0.487 e. The van der Waals surface area contributed by atoms with E-state index in [1.54, 1.807) is 11.0 Å². The van der Waals surface area contributed by atoms with Crippen molar-refractivity contribution < 1.29 is 19.0 Å². The van der Waals surface area contributed by atoms with E-state index in [1.165, 1.54) is 18.2 Å². The minimum atomic E-state index is -1.04. The van der Waals surface area contributed by atoms with E-state index in [1.807, 2.05) is 32.0 Å².